The zero-order valence-electron chi connectivity index (χ0n) is 21.5. The Hall–Kier alpha value is -3.09. The van der Waals surface area contributed by atoms with Gasteiger partial charge in [0.15, 0.2) is 0 Å². The molecule has 0 saturated heterocycles. The highest BCUT2D eigenvalue weighted by Gasteiger charge is 2.25. The molecule has 1 aromatic heterocycles. The van der Waals surface area contributed by atoms with Crippen molar-refractivity contribution < 1.29 is 9.53 Å². The Morgan fingerprint density at radius 1 is 1.20 bits per heavy atom. The summed E-state index contributed by atoms with van der Waals surface area (Å²) < 4.78 is 7.09. The Kier molecular flexibility index (Phi) is 9.52. The van der Waals surface area contributed by atoms with Crippen molar-refractivity contribution in [3.05, 3.63) is 51.9 Å². The highest BCUT2D eigenvalue weighted by atomic mass is 16.5. The molecule has 7 nitrogen and oxygen atoms in total. The van der Waals surface area contributed by atoms with Crippen LogP contribution >= 0.6 is 0 Å². The summed E-state index contributed by atoms with van der Waals surface area (Å²) in [6.45, 7) is 6.24. The first kappa shape index (κ1) is 26.5. The largest absolute Gasteiger partial charge is 0.496 e. The van der Waals surface area contributed by atoms with Crippen LogP contribution in [0.4, 0.5) is 11.4 Å². The molecule has 0 atom stereocenters. The van der Waals surface area contributed by atoms with Gasteiger partial charge in [-0.05, 0) is 62.6 Å². The molecule has 0 unspecified atom stereocenters. The number of carbonyl (C=O) groups is 1. The number of benzene rings is 1. The molecule has 190 valence electrons. The van der Waals surface area contributed by atoms with Crippen LogP contribution in [0.3, 0.4) is 0 Å². The van der Waals surface area contributed by atoms with E-state index in [9.17, 15) is 9.59 Å². The van der Waals surface area contributed by atoms with Gasteiger partial charge in [0.2, 0.25) is 0 Å². The second-order valence-electron chi connectivity index (χ2n) is 9.24. The molecule has 1 heterocycles. The van der Waals surface area contributed by atoms with E-state index in [4.69, 9.17) is 15.5 Å². The van der Waals surface area contributed by atoms with E-state index in [1.54, 1.807) is 41.2 Å². The van der Waals surface area contributed by atoms with Crippen molar-refractivity contribution >= 4 is 23.5 Å². The first-order valence-corrected chi connectivity index (χ1v) is 13.0. The van der Waals surface area contributed by atoms with Crippen LogP contribution in [0.1, 0.15) is 94.1 Å². The highest BCUT2D eigenvalue weighted by molar-refractivity contribution is 6.08. The van der Waals surface area contributed by atoms with E-state index in [0.29, 0.717) is 28.6 Å². The number of anilines is 2. The number of carbonyl (C=O) groups excluding carboxylic acids is 1. The third kappa shape index (κ3) is 6.74. The number of nitrogens with one attached hydrogen (secondary N) is 1. The zero-order chi connectivity index (χ0) is 25.4. The summed E-state index contributed by atoms with van der Waals surface area (Å²) in [5.41, 5.74) is 7.79. The smallest absolute Gasteiger partial charge is 0.274 e. The number of ether oxygens (including phenoxy) is 1. The number of amides is 1. The normalized spacial score (nSPS) is 19.7. The number of nitrogens with two attached hydrogens (primary N) is 1. The van der Waals surface area contributed by atoms with Crippen molar-refractivity contribution in [3.8, 4) is 5.75 Å². The number of nitrogens with zero attached hydrogens (tertiary/aromatic N) is 2. The topological polar surface area (TPSA) is 98.7 Å². The molecule has 3 N–H and O–H groups in total. The molecule has 0 radical (unpaired) electrons. The van der Waals surface area contributed by atoms with Gasteiger partial charge in [0.05, 0.1) is 12.7 Å². The minimum absolute atomic E-state index is 0.191. The SMILES string of the molecule is CC.CCCC1CCC(N=Cc2cc(C(=O)Nc3cccn(C4CC4)c3=O)c(OC)cc2N)CC1. The van der Waals surface area contributed by atoms with Gasteiger partial charge in [-0.25, -0.2) is 0 Å². The van der Waals surface area contributed by atoms with Crippen molar-refractivity contribution in [1.29, 1.82) is 0 Å². The van der Waals surface area contributed by atoms with Crippen LogP contribution in [0.2, 0.25) is 0 Å². The monoisotopic (exact) mass is 480 g/mol. The molecule has 2 saturated carbocycles. The lowest BCUT2D eigenvalue weighted by Gasteiger charge is -2.25. The maximum Gasteiger partial charge on any atom is 0.274 e. The van der Waals surface area contributed by atoms with Gasteiger partial charge in [-0.1, -0.05) is 33.6 Å². The Balaban J connectivity index is 0.00000167. The maximum atomic E-state index is 13.1. The molecule has 35 heavy (non-hydrogen) atoms. The number of methoxy groups -OCH3 is 1. The zero-order valence-corrected chi connectivity index (χ0v) is 21.5. The standard InChI is InChI=1S/C26H34N4O3.C2H6/c1-3-5-17-7-9-19(10-8-17)28-16-18-14-21(24(33-2)15-22(18)27)25(31)29-23-6-4-13-30(26(23)32)20-11-12-20;1-2/h4,6,13-17,19-20H,3,5,7-12,27H2,1-2H3,(H,29,31);1-2H3. The average Bonchev–Trinajstić information content (AvgIpc) is 3.72. The Bertz CT molecular complexity index is 1080. The number of hydrogen-bond acceptors (Lipinski definition) is 5. The minimum atomic E-state index is -0.410. The fourth-order valence-corrected chi connectivity index (χ4v) is 4.68. The fourth-order valence-electron chi connectivity index (χ4n) is 4.68. The number of aromatic nitrogens is 1. The van der Waals surface area contributed by atoms with E-state index in [2.05, 4.69) is 12.2 Å². The molecular weight excluding hydrogens is 440 g/mol. The van der Waals surface area contributed by atoms with Crippen LogP contribution in [0.25, 0.3) is 0 Å². The Morgan fingerprint density at radius 3 is 2.54 bits per heavy atom. The Morgan fingerprint density at radius 2 is 1.91 bits per heavy atom. The van der Waals surface area contributed by atoms with E-state index in [1.807, 2.05) is 13.8 Å². The van der Waals surface area contributed by atoms with E-state index in [-0.39, 0.29) is 17.3 Å². The van der Waals surface area contributed by atoms with E-state index >= 15 is 0 Å². The minimum Gasteiger partial charge on any atom is -0.496 e. The second kappa shape index (κ2) is 12.6. The van der Waals surface area contributed by atoms with E-state index < -0.39 is 5.91 Å². The lowest BCUT2D eigenvalue weighted by Crippen LogP contribution is -2.25. The average molecular weight is 481 g/mol. The summed E-state index contributed by atoms with van der Waals surface area (Å²) >= 11 is 0. The molecule has 2 aromatic rings. The van der Waals surface area contributed by atoms with Gasteiger partial charge < -0.3 is 20.4 Å². The molecule has 2 fully saturated rings. The number of aliphatic imine (C=N–C) groups is 1. The van der Waals surface area contributed by atoms with Crippen LogP contribution in [0.5, 0.6) is 5.75 Å². The molecular formula is C28H40N4O3. The summed E-state index contributed by atoms with van der Waals surface area (Å²) in [5.74, 6) is 0.776. The maximum absolute atomic E-state index is 13.1. The molecule has 0 spiro atoms. The van der Waals surface area contributed by atoms with Crippen LogP contribution in [-0.2, 0) is 0 Å². The molecule has 0 bridgehead atoms. The number of rotatable bonds is 8. The van der Waals surface area contributed by atoms with Crippen LogP contribution in [0, 0.1) is 5.92 Å². The number of pyridine rings is 1. The predicted molar refractivity (Wildman–Crippen MR) is 144 cm³/mol. The molecule has 4 rings (SSSR count). The van der Waals surface area contributed by atoms with Crippen LogP contribution < -0.4 is 21.3 Å². The quantitative estimate of drug-likeness (QED) is 0.367. The summed E-state index contributed by atoms with van der Waals surface area (Å²) in [7, 11) is 1.50. The van der Waals surface area contributed by atoms with Gasteiger partial charge in [0, 0.05) is 41.8 Å². The molecule has 0 aliphatic heterocycles. The predicted octanol–water partition coefficient (Wildman–Crippen LogP) is 5.83. The first-order valence-electron chi connectivity index (χ1n) is 13.0. The van der Waals surface area contributed by atoms with Gasteiger partial charge >= 0.3 is 0 Å². The van der Waals surface area contributed by atoms with Crippen molar-refractivity contribution in [2.75, 3.05) is 18.2 Å². The van der Waals surface area contributed by atoms with Gasteiger partial charge in [-0.3, -0.25) is 14.6 Å². The van der Waals surface area contributed by atoms with Crippen LogP contribution in [0.15, 0.2) is 40.2 Å². The van der Waals surface area contributed by atoms with Crippen molar-refractivity contribution in [2.24, 2.45) is 10.9 Å². The lowest BCUT2D eigenvalue weighted by molar-refractivity contribution is 0.102. The van der Waals surface area contributed by atoms with Gasteiger partial charge in [0.1, 0.15) is 11.4 Å². The molecule has 1 amide bonds. The van der Waals surface area contributed by atoms with E-state index in [0.717, 1.165) is 31.6 Å². The number of nitrogen functional groups attached to an aromatic ring is 1. The van der Waals surface area contributed by atoms with Crippen molar-refractivity contribution in [2.45, 2.75) is 84.2 Å². The molecule has 2 aliphatic rings. The molecule has 2 aliphatic carbocycles. The van der Waals surface area contributed by atoms with E-state index in [1.165, 1.54) is 32.8 Å². The second-order valence-corrected chi connectivity index (χ2v) is 9.24. The lowest BCUT2D eigenvalue weighted by atomic mass is 9.84. The summed E-state index contributed by atoms with van der Waals surface area (Å²) in [6, 6.07) is 7.27. The summed E-state index contributed by atoms with van der Waals surface area (Å²) in [4.78, 5) is 30.6. The molecule has 1 aromatic carbocycles. The fraction of sp³-hybridized carbons (Fsp3) is 0.536. The first-order chi connectivity index (χ1) is 17.0. The highest BCUT2D eigenvalue weighted by Crippen LogP contribution is 2.33. The van der Waals surface area contributed by atoms with Crippen LogP contribution in [-0.4, -0.2) is 29.8 Å². The van der Waals surface area contributed by atoms with Crippen molar-refractivity contribution in [1.82, 2.24) is 4.57 Å². The Labute approximate surface area is 208 Å². The third-order valence-electron chi connectivity index (χ3n) is 6.75. The van der Waals surface area contributed by atoms with Gasteiger partial charge in [-0.2, -0.15) is 0 Å². The van der Waals surface area contributed by atoms with Gasteiger partial charge in [-0.15, -0.1) is 0 Å². The number of hydrogen-bond donors (Lipinski definition) is 2. The third-order valence-corrected chi connectivity index (χ3v) is 6.75. The summed E-state index contributed by atoms with van der Waals surface area (Å²) in [5, 5.41) is 2.76. The summed E-state index contributed by atoms with van der Waals surface area (Å²) in [6.07, 6.45) is 12.7. The molecule has 7 heteroatoms. The van der Waals surface area contributed by atoms with Gasteiger partial charge in [0.25, 0.3) is 11.5 Å². The van der Waals surface area contributed by atoms with Crippen molar-refractivity contribution in [3.63, 3.8) is 0 Å².